The first-order valence-corrected chi connectivity index (χ1v) is 5.54. The van der Waals surface area contributed by atoms with Gasteiger partial charge in [0.05, 0.1) is 25.1 Å². The van der Waals surface area contributed by atoms with Gasteiger partial charge in [-0.05, 0) is 6.92 Å². The average Bonchev–Trinajstić information content (AvgIpc) is 2.38. The Balaban J connectivity index is 2.10. The molecule has 0 aromatic carbocycles. The van der Waals surface area contributed by atoms with Crippen molar-refractivity contribution in [1.82, 2.24) is 14.9 Å². The number of rotatable bonds is 2. The molecule has 1 aliphatic heterocycles. The Hall–Kier alpha value is -2.02. The second-order valence-electron chi connectivity index (χ2n) is 4.02. The van der Waals surface area contributed by atoms with Crippen molar-refractivity contribution in [2.45, 2.75) is 13.0 Å². The van der Waals surface area contributed by atoms with Gasteiger partial charge in [-0.2, -0.15) is 0 Å². The fraction of sp³-hybridized carbons (Fsp3) is 0.455. The maximum Gasteiger partial charge on any atom is 0.356 e. The van der Waals surface area contributed by atoms with Crippen molar-refractivity contribution in [3.8, 4) is 0 Å². The number of carboxylic acid groups (broad SMARTS) is 1. The van der Waals surface area contributed by atoms with Crippen LogP contribution in [-0.4, -0.2) is 57.7 Å². The Morgan fingerprint density at radius 2 is 2.06 bits per heavy atom. The van der Waals surface area contributed by atoms with Gasteiger partial charge in [0.2, 0.25) is 0 Å². The topological polar surface area (TPSA) is 92.6 Å². The number of aromatic carboxylic acids is 1. The van der Waals surface area contributed by atoms with Gasteiger partial charge in [-0.15, -0.1) is 0 Å². The first-order valence-electron chi connectivity index (χ1n) is 5.54. The molecule has 1 aromatic rings. The van der Waals surface area contributed by atoms with E-state index in [-0.39, 0.29) is 23.4 Å². The lowest BCUT2D eigenvalue weighted by Gasteiger charge is -2.30. The number of amides is 1. The number of carbonyl (C=O) groups excluding carboxylic acids is 1. The summed E-state index contributed by atoms with van der Waals surface area (Å²) in [5, 5.41) is 8.68. The summed E-state index contributed by atoms with van der Waals surface area (Å²) < 4.78 is 5.34. The largest absolute Gasteiger partial charge is 0.476 e. The predicted molar refractivity (Wildman–Crippen MR) is 60.3 cm³/mol. The van der Waals surface area contributed by atoms with Crippen molar-refractivity contribution in [3.63, 3.8) is 0 Å². The number of carbonyl (C=O) groups is 2. The summed E-state index contributed by atoms with van der Waals surface area (Å²) >= 11 is 0. The molecule has 0 spiro atoms. The van der Waals surface area contributed by atoms with Crippen LogP contribution >= 0.6 is 0 Å². The normalized spacial score (nSPS) is 19.6. The van der Waals surface area contributed by atoms with Crippen molar-refractivity contribution in [2.75, 3.05) is 19.7 Å². The van der Waals surface area contributed by atoms with E-state index in [4.69, 9.17) is 9.84 Å². The number of hydrogen-bond donors (Lipinski definition) is 1. The molecule has 1 aromatic heterocycles. The van der Waals surface area contributed by atoms with Crippen LogP contribution in [0.5, 0.6) is 0 Å². The standard InChI is InChI=1S/C11H13N3O4/c1-7-6-14(2-3-18-7)10(15)8-4-13-9(5-12-8)11(16)17/h4-5,7H,2-3,6H2,1H3,(H,16,17). The molecule has 1 N–H and O–H groups in total. The molecule has 0 radical (unpaired) electrons. The van der Waals surface area contributed by atoms with Gasteiger partial charge in [-0.25, -0.2) is 14.8 Å². The van der Waals surface area contributed by atoms with Crippen LogP contribution < -0.4 is 0 Å². The minimum atomic E-state index is -1.17. The first-order chi connectivity index (χ1) is 8.58. The Labute approximate surface area is 103 Å². The van der Waals surface area contributed by atoms with E-state index in [2.05, 4.69) is 9.97 Å². The Morgan fingerprint density at radius 1 is 1.39 bits per heavy atom. The fourth-order valence-electron chi connectivity index (χ4n) is 1.71. The summed E-state index contributed by atoms with van der Waals surface area (Å²) in [6, 6.07) is 0. The second-order valence-corrected chi connectivity index (χ2v) is 4.02. The van der Waals surface area contributed by atoms with Gasteiger partial charge in [-0.1, -0.05) is 0 Å². The molecular weight excluding hydrogens is 238 g/mol. The van der Waals surface area contributed by atoms with Crippen LogP contribution in [0.15, 0.2) is 12.4 Å². The lowest BCUT2D eigenvalue weighted by atomic mass is 10.2. The van der Waals surface area contributed by atoms with Crippen molar-refractivity contribution in [2.24, 2.45) is 0 Å². The SMILES string of the molecule is CC1CN(C(=O)c2cnc(C(=O)O)cn2)CCO1. The van der Waals surface area contributed by atoms with Crippen molar-refractivity contribution in [1.29, 1.82) is 0 Å². The highest BCUT2D eigenvalue weighted by Crippen LogP contribution is 2.08. The highest BCUT2D eigenvalue weighted by molar-refractivity contribution is 5.92. The van der Waals surface area contributed by atoms with E-state index in [1.54, 1.807) is 4.90 Å². The van der Waals surface area contributed by atoms with E-state index in [0.717, 1.165) is 6.20 Å². The second kappa shape index (κ2) is 5.09. The number of ether oxygens (including phenoxy) is 1. The molecule has 7 nitrogen and oxygen atoms in total. The number of morpholine rings is 1. The van der Waals surface area contributed by atoms with Crippen LogP contribution in [0.4, 0.5) is 0 Å². The average molecular weight is 251 g/mol. The van der Waals surface area contributed by atoms with E-state index >= 15 is 0 Å². The van der Waals surface area contributed by atoms with Gasteiger partial charge in [0.25, 0.3) is 5.91 Å². The number of hydrogen-bond acceptors (Lipinski definition) is 5. The van der Waals surface area contributed by atoms with Gasteiger partial charge >= 0.3 is 5.97 Å². The maximum atomic E-state index is 12.0. The zero-order chi connectivity index (χ0) is 13.1. The fourth-order valence-corrected chi connectivity index (χ4v) is 1.71. The molecule has 7 heteroatoms. The zero-order valence-corrected chi connectivity index (χ0v) is 9.87. The summed E-state index contributed by atoms with van der Waals surface area (Å²) in [4.78, 5) is 31.8. The summed E-state index contributed by atoms with van der Waals surface area (Å²) in [5.41, 5.74) is -0.0315. The van der Waals surface area contributed by atoms with E-state index in [1.807, 2.05) is 6.92 Å². The van der Waals surface area contributed by atoms with Gasteiger partial charge < -0.3 is 14.7 Å². The molecule has 1 fully saturated rings. The molecule has 0 saturated carbocycles. The summed E-state index contributed by atoms with van der Waals surface area (Å²) in [7, 11) is 0. The van der Waals surface area contributed by atoms with Gasteiger partial charge in [0, 0.05) is 13.1 Å². The highest BCUT2D eigenvalue weighted by atomic mass is 16.5. The van der Waals surface area contributed by atoms with Gasteiger partial charge in [0.1, 0.15) is 5.69 Å². The molecule has 2 heterocycles. The van der Waals surface area contributed by atoms with Crippen LogP contribution in [0.3, 0.4) is 0 Å². The van der Waals surface area contributed by atoms with E-state index in [0.29, 0.717) is 19.7 Å². The summed E-state index contributed by atoms with van der Waals surface area (Å²) in [5.74, 6) is -1.42. The third-order valence-corrected chi connectivity index (χ3v) is 2.62. The smallest absolute Gasteiger partial charge is 0.356 e. The van der Waals surface area contributed by atoms with Crippen molar-refractivity contribution < 1.29 is 19.4 Å². The van der Waals surface area contributed by atoms with E-state index in [9.17, 15) is 9.59 Å². The van der Waals surface area contributed by atoms with Crippen LogP contribution in [0.25, 0.3) is 0 Å². The van der Waals surface area contributed by atoms with Crippen LogP contribution in [0, 0.1) is 0 Å². The quantitative estimate of drug-likeness (QED) is 0.797. The first kappa shape index (κ1) is 12.4. The Morgan fingerprint density at radius 3 is 2.61 bits per heavy atom. The van der Waals surface area contributed by atoms with Gasteiger partial charge in [-0.3, -0.25) is 4.79 Å². The van der Waals surface area contributed by atoms with Crippen molar-refractivity contribution in [3.05, 3.63) is 23.8 Å². The predicted octanol–water partition coefficient (Wildman–Crippen LogP) is 0.0357. The third kappa shape index (κ3) is 2.62. The minimum Gasteiger partial charge on any atom is -0.476 e. The molecule has 0 aliphatic carbocycles. The molecule has 1 unspecified atom stereocenters. The van der Waals surface area contributed by atoms with Crippen LogP contribution in [0.2, 0.25) is 0 Å². The number of aromatic nitrogens is 2. The van der Waals surface area contributed by atoms with Crippen LogP contribution in [0.1, 0.15) is 27.9 Å². The summed E-state index contributed by atoms with van der Waals surface area (Å²) in [6.45, 7) is 3.39. The zero-order valence-electron chi connectivity index (χ0n) is 9.87. The number of nitrogens with zero attached hydrogens (tertiary/aromatic N) is 3. The maximum absolute atomic E-state index is 12.0. The molecule has 1 saturated heterocycles. The minimum absolute atomic E-state index is 0.00560. The molecule has 96 valence electrons. The lowest BCUT2D eigenvalue weighted by Crippen LogP contribution is -2.44. The van der Waals surface area contributed by atoms with Crippen LogP contribution in [-0.2, 0) is 4.74 Å². The molecular formula is C11H13N3O4. The van der Waals surface area contributed by atoms with E-state index < -0.39 is 5.97 Å². The van der Waals surface area contributed by atoms with Crippen molar-refractivity contribution >= 4 is 11.9 Å². The lowest BCUT2D eigenvalue weighted by molar-refractivity contribution is -0.0126. The highest BCUT2D eigenvalue weighted by Gasteiger charge is 2.23. The molecule has 1 aliphatic rings. The molecule has 1 atom stereocenters. The molecule has 1 amide bonds. The third-order valence-electron chi connectivity index (χ3n) is 2.62. The Bertz CT molecular complexity index is 460. The molecule has 2 rings (SSSR count). The number of carboxylic acids is 1. The summed E-state index contributed by atoms with van der Waals surface area (Å²) in [6.07, 6.45) is 2.26. The van der Waals surface area contributed by atoms with Gasteiger partial charge in [0.15, 0.2) is 5.69 Å². The molecule has 0 bridgehead atoms. The molecule has 18 heavy (non-hydrogen) atoms. The van der Waals surface area contributed by atoms with E-state index in [1.165, 1.54) is 6.20 Å². The Kier molecular flexibility index (Phi) is 3.52. The monoisotopic (exact) mass is 251 g/mol.